The molecule has 0 atom stereocenters. The van der Waals surface area contributed by atoms with Gasteiger partial charge in [-0.3, -0.25) is 5.32 Å². The van der Waals surface area contributed by atoms with Gasteiger partial charge in [-0.05, 0) is 85.7 Å². The van der Waals surface area contributed by atoms with Crippen LogP contribution in [0.4, 0.5) is 9.80 Å². The van der Waals surface area contributed by atoms with Crippen LogP contribution in [0, 0.1) is 6.92 Å². The minimum absolute atomic E-state index is 0.112. The van der Waals surface area contributed by atoms with E-state index in [9.17, 15) is 4.79 Å². The summed E-state index contributed by atoms with van der Waals surface area (Å²) in [5.41, 5.74) is 6.84. The van der Waals surface area contributed by atoms with Crippen molar-refractivity contribution < 1.29 is 4.79 Å². The second-order valence-corrected chi connectivity index (χ2v) is 10.0. The number of nitrogens with one attached hydrogen (secondary N) is 3. The van der Waals surface area contributed by atoms with Crippen LogP contribution in [-0.4, -0.2) is 25.7 Å². The summed E-state index contributed by atoms with van der Waals surface area (Å²) in [6.45, 7) is 8.94. The van der Waals surface area contributed by atoms with Gasteiger partial charge in [0.15, 0.2) is 0 Å². The van der Waals surface area contributed by atoms with Crippen molar-refractivity contribution in [1.82, 2.24) is 10.6 Å². The van der Waals surface area contributed by atoms with Gasteiger partial charge in [0.05, 0.1) is 5.00 Å². The fourth-order valence-electron chi connectivity index (χ4n) is 4.24. The molecule has 0 fully saturated rings. The number of aryl methyl sites for hydroxylation is 1. The number of amides is 2. The third-order valence-corrected chi connectivity index (χ3v) is 7.53. The van der Waals surface area contributed by atoms with Crippen LogP contribution in [-0.2, 0) is 12.8 Å². The first-order chi connectivity index (χ1) is 13.5. The Morgan fingerprint density at radius 3 is 2.75 bits per heavy atom. The second-order valence-electron chi connectivity index (χ2n) is 7.74. The maximum atomic E-state index is 12.6. The molecule has 28 heavy (non-hydrogen) atoms. The lowest BCUT2D eigenvalue weighted by molar-refractivity contribution is 0.253. The third-order valence-electron chi connectivity index (χ3n) is 5.74. The summed E-state index contributed by atoms with van der Waals surface area (Å²) in [6, 6.07) is -0.112. The third kappa shape index (κ3) is 5.08. The van der Waals surface area contributed by atoms with Crippen LogP contribution in [0.1, 0.15) is 62.0 Å². The second kappa shape index (κ2) is 10.1. The van der Waals surface area contributed by atoms with E-state index in [0.717, 1.165) is 54.7 Å². The summed E-state index contributed by atoms with van der Waals surface area (Å²) in [7, 11) is 0. The Balaban J connectivity index is 1.67. The Hall–Kier alpha value is -1.11. The van der Waals surface area contributed by atoms with Crippen LogP contribution in [0.2, 0.25) is 0 Å². The lowest BCUT2D eigenvalue weighted by Crippen LogP contribution is -2.33. The molecule has 4 nitrogen and oxygen atoms in total. The van der Waals surface area contributed by atoms with Crippen molar-refractivity contribution in [2.75, 3.05) is 25.0 Å². The molecular formula is C22H32BrN3OS. The smallest absolute Gasteiger partial charge is 0.320 e. The number of urea groups is 1. The molecule has 0 saturated carbocycles. The summed E-state index contributed by atoms with van der Waals surface area (Å²) >= 11 is 5.43. The van der Waals surface area contributed by atoms with Gasteiger partial charge in [-0.1, -0.05) is 34.8 Å². The van der Waals surface area contributed by atoms with Gasteiger partial charge in [0, 0.05) is 18.0 Å². The molecule has 1 aliphatic heterocycles. The molecular weight excluding hydrogens is 434 g/mol. The van der Waals surface area contributed by atoms with Gasteiger partial charge < -0.3 is 10.6 Å². The van der Waals surface area contributed by atoms with E-state index >= 15 is 0 Å². The Morgan fingerprint density at radius 2 is 2.04 bits per heavy atom. The molecule has 6 heteroatoms. The van der Waals surface area contributed by atoms with E-state index in [-0.39, 0.29) is 6.03 Å². The van der Waals surface area contributed by atoms with Gasteiger partial charge in [-0.25, -0.2) is 4.79 Å². The fourth-order valence-corrected chi connectivity index (χ4v) is 5.91. The molecule has 3 rings (SSSR count). The highest BCUT2D eigenvalue weighted by molar-refractivity contribution is 9.11. The van der Waals surface area contributed by atoms with Crippen molar-refractivity contribution in [3.63, 3.8) is 0 Å². The summed E-state index contributed by atoms with van der Waals surface area (Å²) < 4.78 is 1.11. The lowest BCUT2D eigenvalue weighted by atomic mass is 9.91. The van der Waals surface area contributed by atoms with Gasteiger partial charge in [-0.15, -0.1) is 11.3 Å². The van der Waals surface area contributed by atoms with Crippen molar-refractivity contribution in [3.05, 3.63) is 37.2 Å². The van der Waals surface area contributed by atoms with Crippen LogP contribution in [0.3, 0.4) is 0 Å². The van der Waals surface area contributed by atoms with Gasteiger partial charge in [0.1, 0.15) is 0 Å². The zero-order chi connectivity index (χ0) is 20.1. The van der Waals surface area contributed by atoms with Crippen LogP contribution >= 0.6 is 27.3 Å². The molecule has 0 aromatic carbocycles. The molecule has 2 aliphatic rings. The molecule has 2 amide bonds. The number of anilines is 1. The predicted molar refractivity (Wildman–Crippen MR) is 124 cm³/mol. The molecule has 1 aromatic rings. The zero-order valence-electron chi connectivity index (χ0n) is 17.3. The predicted octanol–water partition coefficient (Wildman–Crippen LogP) is 5.82. The SMILES string of the molecule is CCCC1=C(/C(CNC(=O)Nc2sc3c(c2C)CCCC3)=C(\C)Br)CCNC1. The van der Waals surface area contributed by atoms with E-state index < -0.39 is 0 Å². The molecule has 0 bridgehead atoms. The normalized spacial score (nSPS) is 17.9. The molecule has 0 radical (unpaired) electrons. The average molecular weight is 466 g/mol. The number of hydrogen-bond acceptors (Lipinski definition) is 3. The Labute approximate surface area is 181 Å². The standard InChI is InChI=1S/C22H32BrN3OS/c1-4-7-16-12-24-11-10-18(16)19(15(3)23)13-25-22(27)26-21-14(2)17-8-5-6-9-20(17)28-21/h24H,4-13H2,1-3H3,(H2,25,26,27)/b19-15+. The topological polar surface area (TPSA) is 53.2 Å². The van der Waals surface area contributed by atoms with E-state index in [0.29, 0.717) is 6.54 Å². The van der Waals surface area contributed by atoms with Crippen molar-refractivity contribution in [3.8, 4) is 0 Å². The van der Waals surface area contributed by atoms with Crippen molar-refractivity contribution in [1.29, 1.82) is 0 Å². The minimum Gasteiger partial charge on any atom is -0.334 e. The maximum Gasteiger partial charge on any atom is 0.320 e. The van der Waals surface area contributed by atoms with Crippen LogP contribution < -0.4 is 16.0 Å². The van der Waals surface area contributed by atoms with E-state index in [1.54, 1.807) is 11.3 Å². The molecule has 154 valence electrons. The first kappa shape index (κ1) is 21.6. The zero-order valence-corrected chi connectivity index (χ0v) is 19.7. The largest absolute Gasteiger partial charge is 0.334 e. The molecule has 2 heterocycles. The van der Waals surface area contributed by atoms with Gasteiger partial charge in [0.25, 0.3) is 0 Å². The summed E-state index contributed by atoms with van der Waals surface area (Å²) in [5, 5.41) is 10.7. The summed E-state index contributed by atoms with van der Waals surface area (Å²) in [6.07, 6.45) is 8.11. The van der Waals surface area contributed by atoms with E-state index in [1.807, 2.05) is 0 Å². The average Bonchev–Trinajstić information content (AvgIpc) is 2.99. The van der Waals surface area contributed by atoms with Crippen molar-refractivity contribution in [2.45, 2.75) is 65.7 Å². The maximum absolute atomic E-state index is 12.6. The summed E-state index contributed by atoms with van der Waals surface area (Å²) in [4.78, 5) is 14.1. The minimum atomic E-state index is -0.112. The quantitative estimate of drug-likeness (QED) is 0.495. The van der Waals surface area contributed by atoms with Crippen molar-refractivity contribution in [2.24, 2.45) is 0 Å². The number of rotatable bonds is 6. The Morgan fingerprint density at radius 1 is 1.25 bits per heavy atom. The highest BCUT2D eigenvalue weighted by Crippen LogP contribution is 2.37. The molecule has 0 unspecified atom stereocenters. The monoisotopic (exact) mass is 465 g/mol. The lowest BCUT2D eigenvalue weighted by Gasteiger charge is -2.24. The number of hydrogen-bond donors (Lipinski definition) is 3. The highest BCUT2D eigenvalue weighted by Gasteiger charge is 2.20. The Bertz CT molecular complexity index is 790. The number of fused-ring (bicyclic) bond motifs is 1. The van der Waals surface area contributed by atoms with E-state index in [1.165, 1.54) is 45.6 Å². The molecule has 1 aromatic heterocycles. The van der Waals surface area contributed by atoms with Crippen LogP contribution in [0.25, 0.3) is 0 Å². The highest BCUT2D eigenvalue weighted by atomic mass is 79.9. The molecule has 1 aliphatic carbocycles. The van der Waals surface area contributed by atoms with Gasteiger partial charge >= 0.3 is 6.03 Å². The van der Waals surface area contributed by atoms with Crippen molar-refractivity contribution >= 4 is 38.3 Å². The number of allylic oxidation sites excluding steroid dienone is 1. The molecule has 0 saturated heterocycles. The first-order valence-electron chi connectivity index (χ1n) is 10.4. The van der Waals surface area contributed by atoms with Gasteiger partial charge in [-0.2, -0.15) is 0 Å². The number of carbonyl (C=O) groups excluding carboxylic acids is 1. The van der Waals surface area contributed by atoms with E-state index in [4.69, 9.17) is 0 Å². The number of halogens is 1. The van der Waals surface area contributed by atoms with Crippen LogP contribution in [0.15, 0.2) is 21.2 Å². The van der Waals surface area contributed by atoms with E-state index in [2.05, 4.69) is 52.7 Å². The summed E-state index contributed by atoms with van der Waals surface area (Å²) in [5.74, 6) is 0. The van der Waals surface area contributed by atoms with Crippen LogP contribution in [0.5, 0.6) is 0 Å². The molecule has 3 N–H and O–H groups in total. The number of thiophene rings is 1. The Kier molecular flexibility index (Phi) is 7.77. The molecule has 0 spiro atoms. The number of carbonyl (C=O) groups is 1. The first-order valence-corrected chi connectivity index (χ1v) is 12.0. The van der Waals surface area contributed by atoms with Gasteiger partial charge in [0.2, 0.25) is 0 Å². The fraction of sp³-hybridized carbons (Fsp3) is 0.591.